The molecule has 1 fully saturated rings. The Hall–Kier alpha value is -0.480. The SMILES string of the molecule is CCNC(=O)N1CCC(NC)C1.Cl. The van der Waals surface area contributed by atoms with Gasteiger partial charge in [-0.1, -0.05) is 0 Å². The first kappa shape index (κ1) is 12.5. The normalized spacial score (nSPS) is 21.1. The van der Waals surface area contributed by atoms with Crippen molar-refractivity contribution < 1.29 is 4.79 Å². The first-order valence-electron chi connectivity index (χ1n) is 4.48. The van der Waals surface area contributed by atoms with Gasteiger partial charge in [-0.3, -0.25) is 0 Å². The van der Waals surface area contributed by atoms with E-state index in [4.69, 9.17) is 0 Å². The lowest BCUT2D eigenvalue weighted by Crippen LogP contribution is -2.40. The summed E-state index contributed by atoms with van der Waals surface area (Å²) in [4.78, 5) is 13.1. The van der Waals surface area contributed by atoms with E-state index in [-0.39, 0.29) is 18.4 Å². The molecule has 0 aromatic carbocycles. The van der Waals surface area contributed by atoms with Crippen LogP contribution in [0.25, 0.3) is 0 Å². The molecule has 1 aliphatic rings. The fourth-order valence-corrected chi connectivity index (χ4v) is 1.44. The second-order valence-corrected chi connectivity index (χ2v) is 3.06. The highest BCUT2D eigenvalue weighted by Crippen LogP contribution is 2.07. The molecular formula is C8H18ClN3O. The maximum Gasteiger partial charge on any atom is 0.317 e. The standard InChI is InChI=1S/C8H17N3O.ClH/c1-3-10-8(12)11-5-4-7(6-11)9-2;/h7,9H,3-6H2,1-2H3,(H,10,12);1H. The van der Waals surface area contributed by atoms with Gasteiger partial charge in [0, 0.05) is 25.7 Å². The van der Waals surface area contributed by atoms with Gasteiger partial charge in [-0.2, -0.15) is 0 Å². The molecule has 78 valence electrons. The van der Waals surface area contributed by atoms with Crippen molar-refractivity contribution in [2.75, 3.05) is 26.7 Å². The molecule has 0 bridgehead atoms. The summed E-state index contributed by atoms with van der Waals surface area (Å²) in [7, 11) is 1.94. The minimum atomic E-state index is 0. The van der Waals surface area contributed by atoms with Gasteiger partial charge < -0.3 is 15.5 Å². The number of halogens is 1. The number of amides is 2. The summed E-state index contributed by atoms with van der Waals surface area (Å²) >= 11 is 0. The van der Waals surface area contributed by atoms with E-state index in [9.17, 15) is 4.79 Å². The zero-order chi connectivity index (χ0) is 8.97. The maximum absolute atomic E-state index is 11.3. The predicted octanol–water partition coefficient (Wildman–Crippen LogP) is 0.431. The van der Waals surface area contributed by atoms with E-state index in [2.05, 4.69) is 10.6 Å². The number of rotatable bonds is 2. The maximum atomic E-state index is 11.3. The second-order valence-electron chi connectivity index (χ2n) is 3.06. The van der Waals surface area contributed by atoms with E-state index in [1.165, 1.54) is 0 Å². The molecule has 0 radical (unpaired) electrons. The predicted molar refractivity (Wildman–Crippen MR) is 55.4 cm³/mol. The molecule has 1 rings (SSSR count). The number of hydrogen-bond acceptors (Lipinski definition) is 2. The summed E-state index contributed by atoms with van der Waals surface area (Å²) in [5.74, 6) is 0. The number of carbonyl (C=O) groups is 1. The molecule has 1 atom stereocenters. The van der Waals surface area contributed by atoms with Crippen LogP contribution in [-0.4, -0.2) is 43.7 Å². The van der Waals surface area contributed by atoms with Crippen molar-refractivity contribution >= 4 is 18.4 Å². The van der Waals surface area contributed by atoms with Gasteiger partial charge in [0.05, 0.1) is 0 Å². The van der Waals surface area contributed by atoms with Crippen molar-refractivity contribution in [3.8, 4) is 0 Å². The monoisotopic (exact) mass is 207 g/mol. The number of likely N-dealkylation sites (tertiary alicyclic amines) is 1. The van der Waals surface area contributed by atoms with Crippen LogP contribution in [0.15, 0.2) is 0 Å². The molecule has 0 spiro atoms. The summed E-state index contributed by atoms with van der Waals surface area (Å²) in [5.41, 5.74) is 0. The zero-order valence-corrected chi connectivity index (χ0v) is 8.99. The summed E-state index contributed by atoms with van der Waals surface area (Å²) in [6.45, 7) is 4.35. The van der Waals surface area contributed by atoms with Gasteiger partial charge in [0.25, 0.3) is 0 Å². The Labute approximate surface area is 85.5 Å². The quantitative estimate of drug-likeness (QED) is 0.690. The third kappa shape index (κ3) is 3.40. The lowest BCUT2D eigenvalue weighted by Gasteiger charge is -2.16. The Kier molecular flexibility index (Phi) is 5.82. The molecule has 1 unspecified atom stereocenters. The highest BCUT2D eigenvalue weighted by molar-refractivity contribution is 5.85. The molecule has 1 saturated heterocycles. The number of likely N-dealkylation sites (N-methyl/N-ethyl adjacent to an activating group) is 1. The largest absolute Gasteiger partial charge is 0.338 e. The van der Waals surface area contributed by atoms with Crippen LogP contribution in [0.1, 0.15) is 13.3 Å². The fourth-order valence-electron chi connectivity index (χ4n) is 1.44. The molecule has 2 N–H and O–H groups in total. The van der Waals surface area contributed by atoms with Crippen molar-refractivity contribution in [2.24, 2.45) is 0 Å². The molecule has 2 amide bonds. The molecule has 13 heavy (non-hydrogen) atoms. The van der Waals surface area contributed by atoms with Crippen LogP contribution in [0.2, 0.25) is 0 Å². The third-order valence-electron chi connectivity index (χ3n) is 2.21. The third-order valence-corrected chi connectivity index (χ3v) is 2.21. The molecule has 4 nitrogen and oxygen atoms in total. The van der Waals surface area contributed by atoms with Gasteiger partial charge in [-0.05, 0) is 20.4 Å². The minimum Gasteiger partial charge on any atom is -0.338 e. The first-order chi connectivity index (χ1) is 5.77. The highest BCUT2D eigenvalue weighted by Gasteiger charge is 2.24. The van der Waals surface area contributed by atoms with Crippen LogP contribution in [-0.2, 0) is 0 Å². The van der Waals surface area contributed by atoms with Gasteiger partial charge in [-0.25, -0.2) is 4.79 Å². The Bertz CT molecular complexity index is 165. The second kappa shape index (κ2) is 6.05. The Morgan fingerprint density at radius 1 is 1.62 bits per heavy atom. The topological polar surface area (TPSA) is 44.4 Å². The smallest absolute Gasteiger partial charge is 0.317 e. The van der Waals surface area contributed by atoms with E-state index in [0.717, 1.165) is 19.5 Å². The molecule has 0 aromatic heterocycles. The Morgan fingerprint density at radius 2 is 2.31 bits per heavy atom. The van der Waals surface area contributed by atoms with Crippen molar-refractivity contribution in [1.82, 2.24) is 15.5 Å². The van der Waals surface area contributed by atoms with E-state index in [0.29, 0.717) is 12.6 Å². The van der Waals surface area contributed by atoms with E-state index >= 15 is 0 Å². The van der Waals surface area contributed by atoms with Gasteiger partial charge in [0.2, 0.25) is 0 Å². The Morgan fingerprint density at radius 3 is 2.77 bits per heavy atom. The highest BCUT2D eigenvalue weighted by atomic mass is 35.5. The van der Waals surface area contributed by atoms with Gasteiger partial charge in [-0.15, -0.1) is 12.4 Å². The van der Waals surface area contributed by atoms with Gasteiger partial charge >= 0.3 is 6.03 Å². The first-order valence-corrected chi connectivity index (χ1v) is 4.48. The van der Waals surface area contributed by atoms with Crippen molar-refractivity contribution in [3.63, 3.8) is 0 Å². The fraction of sp³-hybridized carbons (Fsp3) is 0.875. The van der Waals surface area contributed by atoms with Crippen LogP contribution in [0.3, 0.4) is 0 Å². The number of nitrogens with one attached hydrogen (secondary N) is 2. The van der Waals surface area contributed by atoms with Crippen molar-refractivity contribution in [2.45, 2.75) is 19.4 Å². The molecule has 5 heteroatoms. The molecule has 1 heterocycles. The number of hydrogen-bond donors (Lipinski definition) is 2. The summed E-state index contributed by atoms with van der Waals surface area (Å²) in [6, 6.07) is 0.544. The van der Waals surface area contributed by atoms with E-state index < -0.39 is 0 Å². The summed E-state index contributed by atoms with van der Waals surface area (Å²) in [6.07, 6.45) is 1.06. The lowest BCUT2D eigenvalue weighted by atomic mass is 10.3. The van der Waals surface area contributed by atoms with Gasteiger partial charge in [0.1, 0.15) is 0 Å². The van der Waals surface area contributed by atoms with Crippen LogP contribution in [0, 0.1) is 0 Å². The molecule has 0 aliphatic carbocycles. The summed E-state index contributed by atoms with van der Waals surface area (Å²) in [5, 5.41) is 5.96. The van der Waals surface area contributed by atoms with Crippen LogP contribution in [0.5, 0.6) is 0 Å². The average molecular weight is 208 g/mol. The minimum absolute atomic E-state index is 0. The Balaban J connectivity index is 0.00000144. The van der Waals surface area contributed by atoms with Crippen LogP contribution >= 0.6 is 12.4 Å². The molecule has 0 saturated carbocycles. The van der Waals surface area contributed by atoms with E-state index in [1.54, 1.807) is 0 Å². The van der Waals surface area contributed by atoms with Gasteiger partial charge in [0.15, 0.2) is 0 Å². The number of carbonyl (C=O) groups excluding carboxylic acids is 1. The van der Waals surface area contributed by atoms with Crippen LogP contribution in [0.4, 0.5) is 4.79 Å². The lowest BCUT2D eigenvalue weighted by molar-refractivity contribution is 0.208. The molecule has 1 aliphatic heterocycles. The summed E-state index contributed by atoms with van der Waals surface area (Å²) < 4.78 is 0. The molecular weight excluding hydrogens is 190 g/mol. The average Bonchev–Trinajstić information content (AvgIpc) is 2.52. The van der Waals surface area contributed by atoms with E-state index in [1.807, 2.05) is 18.9 Å². The zero-order valence-electron chi connectivity index (χ0n) is 8.17. The van der Waals surface area contributed by atoms with Crippen LogP contribution < -0.4 is 10.6 Å². The molecule has 0 aromatic rings. The number of urea groups is 1. The van der Waals surface area contributed by atoms with Crippen molar-refractivity contribution in [1.29, 1.82) is 0 Å². The van der Waals surface area contributed by atoms with Crippen molar-refractivity contribution in [3.05, 3.63) is 0 Å². The number of nitrogens with zero attached hydrogens (tertiary/aromatic N) is 1.